The van der Waals surface area contributed by atoms with Gasteiger partial charge in [0.25, 0.3) is 0 Å². The average molecular weight is 316 g/mol. The SMILES string of the molecule is CO[C@@H]1[C@H](C)C(C)[C@H](OC2C(C)OC(C)C2C)O[C@H]1C(=O)O. The number of ether oxygens (including phenoxy) is 4. The fraction of sp³-hybridized carbons (Fsp3) is 0.938. The molecule has 0 aromatic rings. The van der Waals surface area contributed by atoms with Crippen molar-refractivity contribution in [2.24, 2.45) is 17.8 Å². The molecule has 0 aromatic heterocycles. The lowest BCUT2D eigenvalue weighted by Crippen LogP contribution is -2.55. The lowest BCUT2D eigenvalue weighted by molar-refractivity contribution is -0.283. The van der Waals surface area contributed by atoms with Crippen LogP contribution in [0, 0.1) is 17.8 Å². The van der Waals surface area contributed by atoms with Gasteiger partial charge >= 0.3 is 5.97 Å². The Balaban J connectivity index is 2.12. The minimum atomic E-state index is -1.02. The first-order valence-corrected chi connectivity index (χ1v) is 7.99. The van der Waals surface area contributed by atoms with Gasteiger partial charge in [0.05, 0.1) is 24.4 Å². The van der Waals surface area contributed by atoms with Gasteiger partial charge in [-0.1, -0.05) is 20.8 Å². The van der Waals surface area contributed by atoms with Crippen molar-refractivity contribution in [2.45, 2.75) is 71.4 Å². The molecule has 2 fully saturated rings. The summed E-state index contributed by atoms with van der Waals surface area (Å²) in [5.74, 6) is -0.716. The van der Waals surface area contributed by atoms with E-state index in [1.54, 1.807) is 0 Å². The third-order valence-corrected chi connectivity index (χ3v) is 5.31. The predicted octanol–water partition coefficient (Wildman–Crippen LogP) is 1.91. The normalized spacial score (nSPS) is 49.3. The lowest BCUT2D eigenvalue weighted by atomic mass is 9.84. The van der Waals surface area contributed by atoms with Crippen molar-refractivity contribution in [3.05, 3.63) is 0 Å². The van der Waals surface area contributed by atoms with E-state index in [0.717, 1.165) is 0 Å². The summed E-state index contributed by atoms with van der Waals surface area (Å²) in [6, 6.07) is 0. The van der Waals surface area contributed by atoms with Crippen LogP contribution >= 0.6 is 0 Å². The van der Waals surface area contributed by atoms with Crippen LogP contribution in [0.4, 0.5) is 0 Å². The van der Waals surface area contributed by atoms with Crippen LogP contribution in [-0.4, -0.2) is 55.0 Å². The molecule has 1 N–H and O–H groups in total. The number of carbonyl (C=O) groups is 1. The molecule has 2 heterocycles. The average Bonchev–Trinajstić information content (AvgIpc) is 2.69. The second-order valence-corrected chi connectivity index (χ2v) is 6.69. The number of rotatable bonds is 4. The third-order valence-electron chi connectivity index (χ3n) is 5.31. The Bertz CT molecular complexity index is 400. The van der Waals surface area contributed by atoms with Crippen LogP contribution in [0.15, 0.2) is 0 Å². The number of hydrogen-bond donors (Lipinski definition) is 1. The van der Waals surface area contributed by atoms with E-state index in [2.05, 4.69) is 6.92 Å². The molecule has 0 spiro atoms. The maximum Gasteiger partial charge on any atom is 0.335 e. The molecule has 9 atom stereocenters. The highest BCUT2D eigenvalue weighted by Gasteiger charge is 2.48. The van der Waals surface area contributed by atoms with Crippen molar-refractivity contribution < 1.29 is 28.8 Å². The Hall–Kier alpha value is -0.690. The van der Waals surface area contributed by atoms with Crippen LogP contribution in [0.1, 0.15) is 34.6 Å². The molecule has 0 saturated carbocycles. The summed E-state index contributed by atoms with van der Waals surface area (Å²) in [7, 11) is 1.52. The molecule has 0 aromatic carbocycles. The fourth-order valence-corrected chi connectivity index (χ4v) is 3.49. The van der Waals surface area contributed by atoms with Crippen LogP contribution in [0.2, 0.25) is 0 Å². The summed E-state index contributed by atoms with van der Waals surface area (Å²) < 4.78 is 23.0. The van der Waals surface area contributed by atoms with E-state index in [0.29, 0.717) is 0 Å². The topological polar surface area (TPSA) is 74.2 Å². The van der Waals surface area contributed by atoms with Crippen LogP contribution in [-0.2, 0) is 23.7 Å². The molecule has 22 heavy (non-hydrogen) atoms. The molecular weight excluding hydrogens is 288 g/mol. The van der Waals surface area contributed by atoms with E-state index in [9.17, 15) is 9.90 Å². The van der Waals surface area contributed by atoms with E-state index >= 15 is 0 Å². The first-order chi connectivity index (χ1) is 10.3. The van der Waals surface area contributed by atoms with Crippen molar-refractivity contribution in [1.82, 2.24) is 0 Å². The number of carboxylic acids is 1. The predicted molar refractivity (Wildman–Crippen MR) is 79.5 cm³/mol. The summed E-state index contributed by atoms with van der Waals surface area (Å²) in [6.45, 7) is 10.1. The quantitative estimate of drug-likeness (QED) is 0.854. The zero-order valence-electron chi connectivity index (χ0n) is 14.2. The molecule has 128 valence electrons. The Kier molecular flexibility index (Phi) is 5.48. The number of carboxylic acid groups (broad SMARTS) is 1. The second-order valence-electron chi connectivity index (χ2n) is 6.69. The van der Waals surface area contributed by atoms with Gasteiger partial charge < -0.3 is 24.1 Å². The number of methoxy groups -OCH3 is 1. The first kappa shape index (κ1) is 17.7. The molecule has 6 nitrogen and oxygen atoms in total. The van der Waals surface area contributed by atoms with Gasteiger partial charge in [-0.2, -0.15) is 0 Å². The molecule has 0 radical (unpaired) electrons. The zero-order valence-corrected chi connectivity index (χ0v) is 14.2. The minimum absolute atomic E-state index is 0.0233. The van der Waals surface area contributed by atoms with Gasteiger partial charge in [0.2, 0.25) is 0 Å². The van der Waals surface area contributed by atoms with Crippen LogP contribution in [0.25, 0.3) is 0 Å². The maximum atomic E-state index is 11.5. The molecule has 6 heteroatoms. The van der Waals surface area contributed by atoms with Crippen LogP contribution in [0.3, 0.4) is 0 Å². The van der Waals surface area contributed by atoms with E-state index in [-0.39, 0.29) is 36.1 Å². The summed E-state index contributed by atoms with van der Waals surface area (Å²) in [5, 5.41) is 9.38. The van der Waals surface area contributed by atoms with Gasteiger partial charge in [-0.15, -0.1) is 0 Å². The fourth-order valence-electron chi connectivity index (χ4n) is 3.49. The monoisotopic (exact) mass is 316 g/mol. The van der Waals surface area contributed by atoms with E-state index in [1.165, 1.54) is 7.11 Å². The summed E-state index contributed by atoms with van der Waals surface area (Å²) in [5.41, 5.74) is 0. The largest absolute Gasteiger partial charge is 0.479 e. The smallest absolute Gasteiger partial charge is 0.335 e. The molecule has 2 saturated heterocycles. The zero-order chi connectivity index (χ0) is 16.6. The highest BCUT2D eigenvalue weighted by molar-refractivity contribution is 5.73. The minimum Gasteiger partial charge on any atom is -0.479 e. The summed E-state index contributed by atoms with van der Waals surface area (Å²) >= 11 is 0. The van der Waals surface area contributed by atoms with Crippen LogP contribution in [0.5, 0.6) is 0 Å². The van der Waals surface area contributed by atoms with Crippen LogP contribution < -0.4 is 0 Å². The van der Waals surface area contributed by atoms with E-state index in [4.69, 9.17) is 18.9 Å². The molecule has 2 rings (SSSR count). The van der Waals surface area contributed by atoms with Crippen molar-refractivity contribution >= 4 is 5.97 Å². The van der Waals surface area contributed by atoms with Gasteiger partial charge in [0.1, 0.15) is 0 Å². The standard InChI is InChI=1S/C16H28O6/c1-7-8(2)16(22-14(15(17)18)13(7)19-6)21-12-9(3)10(4)20-11(12)5/h7-14,16H,1-6H3,(H,17,18)/t7-,8?,9?,10?,11?,12?,13-,14-,16-/m1/s1. The van der Waals surface area contributed by atoms with Gasteiger partial charge in [-0.05, 0) is 19.8 Å². The van der Waals surface area contributed by atoms with Gasteiger partial charge in [-0.25, -0.2) is 4.79 Å². The molecule has 0 bridgehead atoms. The van der Waals surface area contributed by atoms with E-state index in [1.807, 2.05) is 27.7 Å². The number of aliphatic carboxylic acids is 1. The molecule has 2 aliphatic rings. The summed E-state index contributed by atoms with van der Waals surface area (Å²) in [4.78, 5) is 11.5. The van der Waals surface area contributed by atoms with Crippen molar-refractivity contribution in [3.63, 3.8) is 0 Å². The molecule has 0 amide bonds. The van der Waals surface area contributed by atoms with Crippen molar-refractivity contribution in [2.75, 3.05) is 7.11 Å². The first-order valence-electron chi connectivity index (χ1n) is 7.99. The molecule has 2 aliphatic heterocycles. The van der Waals surface area contributed by atoms with Gasteiger partial charge in [-0.3, -0.25) is 0 Å². The maximum absolute atomic E-state index is 11.5. The molecule has 0 aliphatic carbocycles. The molecular formula is C16H28O6. The van der Waals surface area contributed by atoms with Crippen molar-refractivity contribution in [3.8, 4) is 0 Å². The lowest BCUT2D eigenvalue weighted by Gasteiger charge is -2.43. The second kappa shape index (κ2) is 6.83. The number of hydrogen-bond acceptors (Lipinski definition) is 5. The Labute approximate surface area is 132 Å². The van der Waals surface area contributed by atoms with E-state index < -0.39 is 24.5 Å². The highest BCUT2D eigenvalue weighted by Crippen LogP contribution is 2.37. The Morgan fingerprint density at radius 3 is 2.00 bits per heavy atom. The van der Waals surface area contributed by atoms with Gasteiger partial charge in [0.15, 0.2) is 12.4 Å². The third kappa shape index (κ3) is 3.15. The van der Waals surface area contributed by atoms with Gasteiger partial charge in [0, 0.05) is 18.9 Å². The Morgan fingerprint density at radius 1 is 0.909 bits per heavy atom. The highest BCUT2D eigenvalue weighted by atomic mass is 16.7. The van der Waals surface area contributed by atoms with Crippen molar-refractivity contribution in [1.29, 1.82) is 0 Å². The molecule has 5 unspecified atom stereocenters. The Morgan fingerprint density at radius 2 is 1.55 bits per heavy atom. The summed E-state index contributed by atoms with van der Waals surface area (Å²) in [6.07, 6.45) is -2.04.